The number of nitrogens with one attached hydrogen (secondary N) is 1. The lowest BCUT2D eigenvalue weighted by Crippen LogP contribution is -2.32. The summed E-state index contributed by atoms with van der Waals surface area (Å²) >= 11 is 0. The Morgan fingerprint density at radius 1 is 1.35 bits per heavy atom. The van der Waals surface area contributed by atoms with Gasteiger partial charge in [0.05, 0.1) is 11.4 Å². The number of aromatic nitrogens is 2. The SMILES string of the molecule is Cc1nccnc1C(C)NCC(C)(C)CCO. The molecule has 17 heavy (non-hydrogen) atoms. The van der Waals surface area contributed by atoms with Gasteiger partial charge in [0.15, 0.2) is 0 Å². The lowest BCUT2D eigenvalue weighted by molar-refractivity contribution is 0.203. The van der Waals surface area contributed by atoms with Crippen molar-refractivity contribution in [2.45, 2.75) is 40.2 Å². The summed E-state index contributed by atoms with van der Waals surface area (Å²) in [4.78, 5) is 8.59. The molecule has 0 bridgehead atoms. The fourth-order valence-corrected chi connectivity index (χ4v) is 1.76. The fraction of sp³-hybridized carbons (Fsp3) is 0.692. The molecular formula is C13H23N3O. The number of rotatable bonds is 6. The van der Waals surface area contributed by atoms with E-state index in [4.69, 9.17) is 5.11 Å². The van der Waals surface area contributed by atoms with E-state index in [2.05, 4.69) is 36.1 Å². The monoisotopic (exact) mass is 237 g/mol. The van der Waals surface area contributed by atoms with Gasteiger partial charge in [0.1, 0.15) is 0 Å². The molecule has 0 aliphatic heterocycles. The van der Waals surface area contributed by atoms with Crippen LogP contribution in [0.5, 0.6) is 0 Å². The first kappa shape index (κ1) is 14.1. The van der Waals surface area contributed by atoms with Gasteiger partial charge in [-0.3, -0.25) is 9.97 Å². The quantitative estimate of drug-likeness (QED) is 0.792. The second-order valence-electron chi connectivity index (χ2n) is 5.27. The third kappa shape index (κ3) is 4.40. The van der Waals surface area contributed by atoms with Gasteiger partial charge in [0.2, 0.25) is 0 Å². The van der Waals surface area contributed by atoms with E-state index >= 15 is 0 Å². The Bertz CT molecular complexity index is 352. The zero-order valence-corrected chi connectivity index (χ0v) is 11.2. The molecule has 0 aliphatic rings. The second kappa shape index (κ2) is 6.07. The molecule has 1 aromatic rings. The van der Waals surface area contributed by atoms with Gasteiger partial charge >= 0.3 is 0 Å². The van der Waals surface area contributed by atoms with Gasteiger partial charge in [-0.15, -0.1) is 0 Å². The molecule has 1 heterocycles. The van der Waals surface area contributed by atoms with Crippen molar-refractivity contribution in [2.24, 2.45) is 5.41 Å². The largest absolute Gasteiger partial charge is 0.396 e. The van der Waals surface area contributed by atoms with Crippen LogP contribution in [0.1, 0.15) is 44.6 Å². The minimum atomic E-state index is 0.0964. The summed E-state index contributed by atoms with van der Waals surface area (Å²) < 4.78 is 0. The summed E-state index contributed by atoms with van der Waals surface area (Å²) in [6.07, 6.45) is 4.23. The summed E-state index contributed by atoms with van der Waals surface area (Å²) in [7, 11) is 0. The predicted molar refractivity (Wildman–Crippen MR) is 68.7 cm³/mol. The second-order valence-corrected chi connectivity index (χ2v) is 5.27. The number of nitrogens with zero attached hydrogens (tertiary/aromatic N) is 2. The lowest BCUT2D eigenvalue weighted by atomic mass is 9.89. The van der Waals surface area contributed by atoms with Crippen molar-refractivity contribution in [3.63, 3.8) is 0 Å². The highest BCUT2D eigenvalue weighted by molar-refractivity contribution is 5.12. The molecule has 0 amide bonds. The first-order valence-electron chi connectivity index (χ1n) is 6.08. The van der Waals surface area contributed by atoms with Crippen LogP contribution < -0.4 is 5.32 Å². The van der Waals surface area contributed by atoms with Crippen LogP contribution in [-0.4, -0.2) is 28.2 Å². The highest BCUT2D eigenvalue weighted by Gasteiger charge is 2.19. The van der Waals surface area contributed by atoms with Crippen molar-refractivity contribution < 1.29 is 5.11 Å². The molecule has 1 atom stereocenters. The van der Waals surface area contributed by atoms with Crippen LogP contribution in [0.15, 0.2) is 12.4 Å². The number of hydrogen-bond donors (Lipinski definition) is 2. The van der Waals surface area contributed by atoms with Crippen molar-refractivity contribution in [2.75, 3.05) is 13.2 Å². The summed E-state index contributed by atoms with van der Waals surface area (Å²) in [5.41, 5.74) is 2.05. The van der Waals surface area contributed by atoms with Gasteiger partial charge < -0.3 is 10.4 Å². The molecule has 96 valence electrons. The topological polar surface area (TPSA) is 58.0 Å². The van der Waals surface area contributed by atoms with E-state index in [0.717, 1.165) is 24.4 Å². The minimum Gasteiger partial charge on any atom is -0.396 e. The Hall–Kier alpha value is -1.00. The Kier molecular flexibility index (Phi) is 5.02. The minimum absolute atomic E-state index is 0.0964. The lowest BCUT2D eigenvalue weighted by Gasteiger charge is -2.26. The maximum absolute atomic E-state index is 8.98. The maximum atomic E-state index is 8.98. The maximum Gasteiger partial charge on any atom is 0.0782 e. The molecule has 0 saturated carbocycles. The predicted octanol–water partition coefficient (Wildman–Crippen LogP) is 1.84. The van der Waals surface area contributed by atoms with E-state index in [1.807, 2.05) is 6.92 Å². The van der Waals surface area contributed by atoms with Gasteiger partial charge in [-0.05, 0) is 25.7 Å². The van der Waals surface area contributed by atoms with Crippen LogP contribution in [0.3, 0.4) is 0 Å². The van der Waals surface area contributed by atoms with Gasteiger partial charge in [0.25, 0.3) is 0 Å². The van der Waals surface area contributed by atoms with E-state index < -0.39 is 0 Å². The molecule has 1 aromatic heterocycles. The van der Waals surface area contributed by atoms with Gasteiger partial charge in [0, 0.05) is 31.6 Å². The van der Waals surface area contributed by atoms with Crippen LogP contribution in [0.4, 0.5) is 0 Å². The molecule has 0 fully saturated rings. The van der Waals surface area contributed by atoms with E-state index in [1.165, 1.54) is 0 Å². The molecule has 0 spiro atoms. The van der Waals surface area contributed by atoms with Crippen molar-refractivity contribution >= 4 is 0 Å². The Labute approximate surface area is 103 Å². The van der Waals surface area contributed by atoms with E-state index in [9.17, 15) is 0 Å². The molecular weight excluding hydrogens is 214 g/mol. The first-order chi connectivity index (χ1) is 7.96. The van der Waals surface area contributed by atoms with Crippen LogP contribution in [0, 0.1) is 12.3 Å². The highest BCUT2D eigenvalue weighted by atomic mass is 16.3. The number of aliphatic hydroxyl groups excluding tert-OH is 1. The molecule has 0 aromatic carbocycles. The van der Waals surface area contributed by atoms with E-state index in [-0.39, 0.29) is 18.1 Å². The molecule has 1 rings (SSSR count). The van der Waals surface area contributed by atoms with Crippen LogP contribution in [-0.2, 0) is 0 Å². The third-order valence-electron chi connectivity index (χ3n) is 3.00. The summed E-state index contributed by atoms with van der Waals surface area (Å²) in [5.74, 6) is 0. The zero-order chi connectivity index (χ0) is 12.9. The average Bonchev–Trinajstić information content (AvgIpc) is 2.27. The molecule has 0 radical (unpaired) electrons. The van der Waals surface area contributed by atoms with Gasteiger partial charge in [-0.1, -0.05) is 13.8 Å². The fourth-order valence-electron chi connectivity index (χ4n) is 1.76. The number of hydrogen-bond acceptors (Lipinski definition) is 4. The molecule has 2 N–H and O–H groups in total. The average molecular weight is 237 g/mol. The Balaban J connectivity index is 2.56. The smallest absolute Gasteiger partial charge is 0.0782 e. The van der Waals surface area contributed by atoms with Crippen molar-refractivity contribution in [3.8, 4) is 0 Å². The standard InChI is InChI=1S/C13H23N3O/c1-10-12(15-7-6-14-10)11(2)16-9-13(3,4)5-8-17/h6-7,11,16-17H,5,8-9H2,1-4H3. The Morgan fingerprint density at radius 2 is 2.00 bits per heavy atom. The van der Waals surface area contributed by atoms with Crippen molar-refractivity contribution in [1.82, 2.24) is 15.3 Å². The van der Waals surface area contributed by atoms with Gasteiger partial charge in [-0.25, -0.2) is 0 Å². The third-order valence-corrected chi connectivity index (χ3v) is 3.00. The van der Waals surface area contributed by atoms with Crippen molar-refractivity contribution in [1.29, 1.82) is 0 Å². The van der Waals surface area contributed by atoms with Gasteiger partial charge in [-0.2, -0.15) is 0 Å². The van der Waals surface area contributed by atoms with E-state index in [0.29, 0.717) is 0 Å². The normalized spacial score (nSPS) is 13.7. The first-order valence-corrected chi connectivity index (χ1v) is 6.08. The highest BCUT2D eigenvalue weighted by Crippen LogP contribution is 2.20. The Morgan fingerprint density at radius 3 is 2.59 bits per heavy atom. The summed E-state index contributed by atoms with van der Waals surface area (Å²) in [5, 5.41) is 12.4. The zero-order valence-electron chi connectivity index (χ0n) is 11.2. The summed E-state index contributed by atoms with van der Waals surface area (Å²) in [6.45, 7) is 9.43. The summed E-state index contributed by atoms with van der Waals surface area (Å²) in [6, 6.07) is 0.182. The molecule has 4 heteroatoms. The van der Waals surface area contributed by atoms with Crippen LogP contribution >= 0.6 is 0 Å². The van der Waals surface area contributed by atoms with Crippen molar-refractivity contribution in [3.05, 3.63) is 23.8 Å². The molecule has 0 aliphatic carbocycles. The van der Waals surface area contributed by atoms with Crippen LogP contribution in [0.25, 0.3) is 0 Å². The molecule has 0 saturated heterocycles. The molecule has 4 nitrogen and oxygen atoms in total. The van der Waals surface area contributed by atoms with Crippen LogP contribution in [0.2, 0.25) is 0 Å². The molecule has 1 unspecified atom stereocenters. The number of aryl methyl sites for hydroxylation is 1. The van der Waals surface area contributed by atoms with E-state index in [1.54, 1.807) is 12.4 Å². The number of aliphatic hydroxyl groups is 1.